The van der Waals surface area contributed by atoms with E-state index in [4.69, 9.17) is 0 Å². The van der Waals surface area contributed by atoms with Gasteiger partial charge in [0.05, 0.1) is 18.1 Å². The topological polar surface area (TPSA) is 112 Å². The van der Waals surface area contributed by atoms with E-state index in [1.54, 1.807) is 36.7 Å². The van der Waals surface area contributed by atoms with Gasteiger partial charge in [-0.25, -0.2) is 13.9 Å². The number of fused-ring (bicyclic) bond motifs is 1. The van der Waals surface area contributed by atoms with Gasteiger partial charge in [0.1, 0.15) is 17.1 Å². The van der Waals surface area contributed by atoms with E-state index in [2.05, 4.69) is 46.3 Å². The van der Waals surface area contributed by atoms with Crippen molar-refractivity contribution in [1.29, 1.82) is 0 Å². The number of hydrogen-bond acceptors (Lipinski definition) is 6. The molecule has 1 fully saturated rings. The molecule has 1 aromatic carbocycles. The van der Waals surface area contributed by atoms with Crippen molar-refractivity contribution in [3.63, 3.8) is 0 Å². The van der Waals surface area contributed by atoms with Crippen LogP contribution in [0.2, 0.25) is 0 Å². The fraction of sp³-hybridized carbons (Fsp3) is 0.360. The molecule has 1 saturated heterocycles. The molecular weight excluding hydrogens is 463 g/mol. The zero-order valence-electron chi connectivity index (χ0n) is 20.8. The van der Waals surface area contributed by atoms with Crippen molar-refractivity contribution in [2.75, 3.05) is 18.0 Å². The number of benzene rings is 1. The fourth-order valence-corrected chi connectivity index (χ4v) is 4.46. The Labute approximate surface area is 207 Å². The molecule has 186 valence electrons. The second-order valence-electron chi connectivity index (χ2n) is 10.4. The summed E-state index contributed by atoms with van der Waals surface area (Å²) in [7, 11) is 0. The Balaban J connectivity index is 1.53. The maximum Gasteiger partial charge on any atom is 0.275 e. The number of rotatable bonds is 3. The molecule has 10 nitrogen and oxygen atoms in total. The number of nitrogens with one attached hydrogen (secondary N) is 1. The van der Waals surface area contributed by atoms with E-state index in [0.717, 1.165) is 11.1 Å². The average molecular weight is 491 g/mol. The molecule has 0 aliphatic carbocycles. The standard InChI is InChI=1S/C25H27FN8O2/c1-24(2,3)17-12-18(15-6-8-16(26)9-7-15)30-34-14-19(28-21(17)34)22(35)33-11-10-32(20-13-27-31-29-20)23(36)25(33,4)5/h6-9,12-14H,10-11H2,1-5H3,(H,27,29,31). The third-order valence-corrected chi connectivity index (χ3v) is 6.51. The van der Waals surface area contributed by atoms with Crippen LogP contribution in [0.1, 0.15) is 50.7 Å². The third-order valence-electron chi connectivity index (χ3n) is 6.51. The van der Waals surface area contributed by atoms with Gasteiger partial charge in [0, 0.05) is 24.2 Å². The van der Waals surface area contributed by atoms with Gasteiger partial charge in [0.25, 0.3) is 11.8 Å². The van der Waals surface area contributed by atoms with Crippen molar-refractivity contribution in [2.24, 2.45) is 0 Å². The van der Waals surface area contributed by atoms with E-state index < -0.39 is 5.54 Å². The number of imidazole rings is 1. The number of nitrogens with zero attached hydrogens (tertiary/aromatic N) is 7. The van der Waals surface area contributed by atoms with Gasteiger partial charge in [0.2, 0.25) is 0 Å². The molecule has 1 aliphatic rings. The van der Waals surface area contributed by atoms with Gasteiger partial charge in [-0.3, -0.25) is 14.5 Å². The van der Waals surface area contributed by atoms with Crippen LogP contribution in [0, 0.1) is 5.82 Å². The fourth-order valence-electron chi connectivity index (χ4n) is 4.46. The smallest absolute Gasteiger partial charge is 0.275 e. The zero-order valence-corrected chi connectivity index (χ0v) is 20.8. The number of carbonyl (C=O) groups excluding carboxylic acids is 2. The molecule has 0 atom stereocenters. The van der Waals surface area contributed by atoms with E-state index in [9.17, 15) is 14.0 Å². The number of halogens is 1. The maximum absolute atomic E-state index is 13.7. The summed E-state index contributed by atoms with van der Waals surface area (Å²) >= 11 is 0. The second-order valence-corrected chi connectivity index (χ2v) is 10.4. The van der Waals surface area contributed by atoms with Crippen molar-refractivity contribution in [3.05, 3.63) is 59.8 Å². The van der Waals surface area contributed by atoms with E-state index in [1.165, 1.54) is 28.1 Å². The highest BCUT2D eigenvalue weighted by molar-refractivity contribution is 6.05. The lowest BCUT2D eigenvalue weighted by atomic mass is 9.87. The highest BCUT2D eigenvalue weighted by Crippen LogP contribution is 2.31. The lowest BCUT2D eigenvalue weighted by Crippen LogP contribution is -2.65. The first kappa shape index (κ1) is 23.6. The van der Waals surface area contributed by atoms with Crippen molar-refractivity contribution in [2.45, 2.75) is 45.6 Å². The summed E-state index contributed by atoms with van der Waals surface area (Å²) in [4.78, 5) is 34.6. The Bertz CT molecular complexity index is 1450. The van der Waals surface area contributed by atoms with Gasteiger partial charge in [-0.1, -0.05) is 20.8 Å². The molecule has 1 N–H and O–H groups in total. The highest BCUT2D eigenvalue weighted by atomic mass is 19.1. The number of anilines is 1. The molecule has 3 aromatic heterocycles. The Kier molecular flexibility index (Phi) is 5.38. The number of aromatic amines is 1. The van der Waals surface area contributed by atoms with Gasteiger partial charge in [0.15, 0.2) is 11.5 Å². The van der Waals surface area contributed by atoms with Crippen molar-refractivity contribution >= 4 is 23.3 Å². The molecule has 4 heterocycles. The Morgan fingerprint density at radius 3 is 2.50 bits per heavy atom. The molecule has 36 heavy (non-hydrogen) atoms. The molecule has 11 heteroatoms. The monoisotopic (exact) mass is 490 g/mol. The summed E-state index contributed by atoms with van der Waals surface area (Å²) in [5.41, 5.74) is 1.61. The van der Waals surface area contributed by atoms with Crippen LogP contribution in [0.25, 0.3) is 16.9 Å². The summed E-state index contributed by atoms with van der Waals surface area (Å²) in [5.74, 6) is -0.527. The number of hydrogen-bond donors (Lipinski definition) is 1. The minimum Gasteiger partial charge on any atom is -0.321 e. The summed E-state index contributed by atoms with van der Waals surface area (Å²) < 4.78 is 15.1. The molecule has 2 amide bonds. The largest absolute Gasteiger partial charge is 0.321 e. The summed E-state index contributed by atoms with van der Waals surface area (Å²) in [6.45, 7) is 10.2. The molecule has 4 aromatic rings. The molecular formula is C25H27FN8O2. The number of amides is 2. The Morgan fingerprint density at radius 1 is 1.14 bits per heavy atom. The Morgan fingerprint density at radius 2 is 1.86 bits per heavy atom. The van der Waals surface area contributed by atoms with Crippen LogP contribution in [0.4, 0.5) is 10.2 Å². The summed E-state index contributed by atoms with van der Waals surface area (Å²) in [6.07, 6.45) is 3.07. The quantitative estimate of drug-likeness (QED) is 0.472. The summed E-state index contributed by atoms with van der Waals surface area (Å²) in [5, 5.41) is 15.0. The van der Waals surface area contributed by atoms with Gasteiger partial charge in [-0.15, -0.1) is 5.10 Å². The van der Waals surface area contributed by atoms with Crippen LogP contribution in [0.15, 0.2) is 42.7 Å². The predicted octanol–water partition coefficient (Wildman–Crippen LogP) is 3.22. The number of H-pyrrole nitrogens is 1. The van der Waals surface area contributed by atoms with Crippen molar-refractivity contribution < 1.29 is 14.0 Å². The third kappa shape index (κ3) is 3.90. The van der Waals surface area contributed by atoms with Gasteiger partial charge < -0.3 is 4.90 Å². The molecule has 0 bridgehead atoms. The molecule has 0 spiro atoms. The van der Waals surface area contributed by atoms with Crippen LogP contribution < -0.4 is 4.90 Å². The van der Waals surface area contributed by atoms with Crippen molar-refractivity contribution in [3.8, 4) is 11.3 Å². The van der Waals surface area contributed by atoms with E-state index in [0.29, 0.717) is 23.7 Å². The predicted molar refractivity (Wildman–Crippen MR) is 131 cm³/mol. The van der Waals surface area contributed by atoms with Crippen LogP contribution in [0.5, 0.6) is 0 Å². The van der Waals surface area contributed by atoms with Crippen LogP contribution in [-0.2, 0) is 10.2 Å². The Hall–Kier alpha value is -4.15. The SMILES string of the molecule is CC(C)(C)c1cc(-c2ccc(F)cc2)nn2cc(C(=O)N3CCN(c4cn[nH]n4)C(=O)C3(C)C)nc12. The van der Waals surface area contributed by atoms with Crippen LogP contribution in [0.3, 0.4) is 0 Å². The second kappa shape index (κ2) is 8.21. The van der Waals surface area contributed by atoms with E-state index in [-0.39, 0.29) is 35.3 Å². The number of carbonyl (C=O) groups is 2. The number of aromatic nitrogens is 6. The lowest BCUT2D eigenvalue weighted by molar-refractivity contribution is -0.129. The minimum atomic E-state index is -1.12. The number of piperazine rings is 1. The first-order valence-corrected chi connectivity index (χ1v) is 11.6. The normalized spacial score (nSPS) is 16.1. The molecule has 0 unspecified atom stereocenters. The van der Waals surface area contributed by atoms with Crippen LogP contribution in [-0.4, -0.2) is 65.4 Å². The van der Waals surface area contributed by atoms with E-state index in [1.807, 2.05) is 6.07 Å². The summed E-state index contributed by atoms with van der Waals surface area (Å²) in [6, 6.07) is 8.04. The molecule has 0 saturated carbocycles. The lowest BCUT2D eigenvalue weighted by Gasteiger charge is -2.44. The van der Waals surface area contributed by atoms with Gasteiger partial charge >= 0.3 is 0 Å². The van der Waals surface area contributed by atoms with Crippen molar-refractivity contribution in [1.82, 2.24) is 34.9 Å². The van der Waals surface area contributed by atoms with Gasteiger partial charge in [-0.05, 0) is 49.6 Å². The highest BCUT2D eigenvalue weighted by Gasteiger charge is 2.46. The average Bonchev–Trinajstić information content (AvgIpc) is 3.49. The van der Waals surface area contributed by atoms with Crippen LogP contribution >= 0.6 is 0 Å². The molecule has 1 aliphatic heterocycles. The van der Waals surface area contributed by atoms with E-state index >= 15 is 0 Å². The molecule has 5 rings (SSSR count). The molecule has 0 radical (unpaired) electrons. The minimum absolute atomic E-state index is 0.194. The first-order valence-electron chi connectivity index (χ1n) is 11.6. The van der Waals surface area contributed by atoms with Gasteiger partial charge in [-0.2, -0.15) is 15.4 Å². The first-order chi connectivity index (χ1) is 17.0. The maximum atomic E-state index is 13.7. The zero-order chi connectivity index (χ0) is 25.8.